The van der Waals surface area contributed by atoms with Gasteiger partial charge in [-0.3, -0.25) is 0 Å². The van der Waals surface area contributed by atoms with Gasteiger partial charge in [-0.25, -0.2) is 0 Å². The van der Waals surface area contributed by atoms with E-state index in [0.717, 1.165) is 12.8 Å². The van der Waals surface area contributed by atoms with Gasteiger partial charge in [0.05, 0.1) is 6.10 Å². The van der Waals surface area contributed by atoms with Crippen LogP contribution in [0.1, 0.15) is 53.9 Å². The SMILES string of the molecule is C=C(C(C)(C)C)C12CCC(C1)C(C)(C)C2O. The second kappa shape index (κ2) is 3.13. The minimum absolute atomic E-state index is 0.00637. The smallest absolute Gasteiger partial charge is 0.0687 e. The Labute approximate surface area is 99.9 Å². The summed E-state index contributed by atoms with van der Waals surface area (Å²) in [5, 5.41) is 10.7. The van der Waals surface area contributed by atoms with Gasteiger partial charge in [-0.2, -0.15) is 0 Å². The van der Waals surface area contributed by atoms with E-state index in [1.165, 1.54) is 12.0 Å². The van der Waals surface area contributed by atoms with E-state index in [-0.39, 0.29) is 22.3 Å². The van der Waals surface area contributed by atoms with Crippen molar-refractivity contribution in [3.8, 4) is 0 Å². The average molecular weight is 222 g/mol. The van der Waals surface area contributed by atoms with E-state index in [1.54, 1.807) is 0 Å². The molecule has 2 bridgehead atoms. The summed E-state index contributed by atoms with van der Waals surface area (Å²) >= 11 is 0. The predicted octanol–water partition coefficient (Wildman–Crippen LogP) is 3.78. The minimum atomic E-state index is -0.203. The Morgan fingerprint density at radius 3 is 2.25 bits per heavy atom. The fourth-order valence-corrected chi connectivity index (χ4v) is 4.08. The Morgan fingerprint density at radius 2 is 1.88 bits per heavy atom. The van der Waals surface area contributed by atoms with Crippen LogP contribution in [0.2, 0.25) is 0 Å². The van der Waals surface area contributed by atoms with Crippen LogP contribution < -0.4 is 0 Å². The first-order valence-electron chi connectivity index (χ1n) is 6.50. The topological polar surface area (TPSA) is 20.2 Å². The maximum absolute atomic E-state index is 10.7. The minimum Gasteiger partial charge on any atom is -0.392 e. The van der Waals surface area contributed by atoms with E-state index in [0.29, 0.717) is 5.92 Å². The van der Waals surface area contributed by atoms with Gasteiger partial charge < -0.3 is 5.11 Å². The molecule has 0 radical (unpaired) electrons. The Bertz CT molecular complexity index is 321. The van der Waals surface area contributed by atoms with Crippen LogP contribution in [0, 0.1) is 22.2 Å². The lowest BCUT2D eigenvalue weighted by atomic mass is 9.62. The Hall–Kier alpha value is -0.300. The highest BCUT2D eigenvalue weighted by Gasteiger charge is 2.63. The molecule has 2 saturated carbocycles. The van der Waals surface area contributed by atoms with Crippen LogP contribution in [0.5, 0.6) is 0 Å². The van der Waals surface area contributed by atoms with Gasteiger partial charge in [-0.15, -0.1) is 0 Å². The van der Waals surface area contributed by atoms with E-state index in [4.69, 9.17) is 0 Å². The van der Waals surface area contributed by atoms with Crippen LogP contribution in [0.25, 0.3) is 0 Å². The van der Waals surface area contributed by atoms with Crippen molar-refractivity contribution in [1.82, 2.24) is 0 Å². The van der Waals surface area contributed by atoms with Crippen LogP contribution in [0.15, 0.2) is 12.2 Å². The zero-order chi connectivity index (χ0) is 12.4. The second-order valence-corrected chi connectivity index (χ2v) is 7.55. The lowest BCUT2D eigenvalue weighted by Gasteiger charge is -2.45. The molecular formula is C15H26O. The fourth-order valence-electron chi connectivity index (χ4n) is 4.08. The summed E-state index contributed by atoms with van der Waals surface area (Å²) in [7, 11) is 0. The fraction of sp³-hybridized carbons (Fsp3) is 0.867. The van der Waals surface area contributed by atoms with Gasteiger partial charge in [0.25, 0.3) is 0 Å². The van der Waals surface area contributed by atoms with Gasteiger partial charge in [-0.05, 0) is 36.0 Å². The van der Waals surface area contributed by atoms with Crippen molar-refractivity contribution in [1.29, 1.82) is 0 Å². The van der Waals surface area contributed by atoms with Crippen LogP contribution >= 0.6 is 0 Å². The molecular weight excluding hydrogens is 196 g/mol. The molecule has 92 valence electrons. The average Bonchev–Trinajstić information content (AvgIpc) is 2.65. The highest BCUT2D eigenvalue weighted by atomic mass is 16.3. The van der Waals surface area contributed by atoms with Gasteiger partial charge in [0.1, 0.15) is 0 Å². The third-order valence-electron chi connectivity index (χ3n) is 5.34. The van der Waals surface area contributed by atoms with E-state index in [2.05, 4.69) is 41.2 Å². The van der Waals surface area contributed by atoms with Crippen molar-refractivity contribution < 1.29 is 5.11 Å². The van der Waals surface area contributed by atoms with Gasteiger partial charge >= 0.3 is 0 Å². The van der Waals surface area contributed by atoms with Gasteiger partial charge in [-0.1, -0.05) is 46.8 Å². The lowest BCUT2D eigenvalue weighted by molar-refractivity contribution is -0.0323. The van der Waals surface area contributed by atoms with E-state index >= 15 is 0 Å². The third-order valence-corrected chi connectivity index (χ3v) is 5.34. The summed E-state index contributed by atoms with van der Waals surface area (Å²) in [5.41, 5.74) is 1.45. The summed E-state index contributed by atoms with van der Waals surface area (Å²) in [6, 6.07) is 0. The van der Waals surface area contributed by atoms with Crippen molar-refractivity contribution in [2.24, 2.45) is 22.2 Å². The molecule has 2 aliphatic rings. The first kappa shape index (κ1) is 12.2. The quantitative estimate of drug-likeness (QED) is 0.669. The molecule has 0 aromatic heterocycles. The number of aliphatic hydroxyl groups excluding tert-OH is 1. The maximum atomic E-state index is 10.7. The van der Waals surface area contributed by atoms with Crippen molar-refractivity contribution in [2.45, 2.75) is 60.0 Å². The Morgan fingerprint density at radius 1 is 1.31 bits per heavy atom. The van der Waals surface area contributed by atoms with Crippen molar-refractivity contribution in [3.05, 3.63) is 12.2 Å². The zero-order valence-corrected chi connectivity index (χ0v) is 11.4. The number of fused-ring (bicyclic) bond motifs is 2. The summed E-state index contributed by atoms with van der Waals surface area (Å²) in [6.45, 7) is 15.4. The molecule has 3 atom stereocenters. The molecule has 0 aromatic carbocycles. The van der Waals surface area contributed by atoms with Crippen molar-refractivity contribution in [2.75, 3.05) is 0 Å². The van der Waals surface area contributed by atoms with Crippen molar-refractivity contribution >= 4 is 0 Å². The predicted molar refractivity (Wildman–Crippen MR) is 68.2 cm³/mol. The molecule has 1 N–H and O–H groups in total. The number of rotatable bonds is 1. The van der Waals surface area contributed by atoms with Crippen molar-refractivity contribution in [3.63, 3.8) is 0 Å². The molecule has 0 aliphatic heterocycles. The lowest BCUT2D eigenvalue weighted by Crippen LogP contribution is -2.44. The highest BCUT2D eigenvalue weighted by molar-refractivity contribution is 5.28. The molecule has 0 aromatic rings. The molecule has 0 heterocycles. The van der Waals surface area contributed by atoms with Crippen LogP contribution in [-0.2, 0) is 0 Å². The van der Waals surface area contributed by atoms with Crippen LogP contribution in [0.4, 0.5) is 0 Å². The zero-order valence-electron chi connectivity index (χ0n) is 11.4. The molecule has 2 fully saturated rings. The van der Waals surface area contributed by atoms with Gasteiger partial charge in [0.2, 0.25) is 0 Å². The Kier molecular flexibility index (Phi) is 2.38. The number of hydrogen-bond donors (Lipinski definition) is 1. The van der Waals surface area contributed by atoms with Gasteiger partial charge in [0, 0.05) is 5.41 Å². The standard InChI is InChI=1S/C15H26O/c1-10(13(2,3)4)15-8-7-11(9-15)14(5,6)12(15)16/h11-12,16H,1,7-9H2,2-6H3. The second-order valence-electron chi connectivity index (χ2n) is 7.55. The van der Waals surface area contributed by atoms with Crippen LogP contribution in [-0.4, -0.2) is 11.2 Å². The molecule has 0 amide bonds. The third kappa shape index (κ3) is 1.33. The molecule has 2 rings (SSSR count). The number of hydrogen-bond acceptors (Lipinski definition) is 1. The normalized spacial score (nSPS) is 41.4. The first-order chi connectivity index (χ1) is 7.12. The van der Waals surface area contributed by atoms with E-state index in [1.807, 2.05) is 0 Å². The van der Waals surface area contributed by atoms with E-state index in [9.17, 15) is 5.11 Å². The monoisotopic (exact) mass is 222 g/mol. The first-order valence-corrected chi connectivity index (χ1v) is 6.50. The molecule has 3 unspecified atom stereocenters. The van der Waals surface area contributed by atoms with Gasteiger partial charge in [0.15, 0.2) is 0 Å². The largest absolute Gasteiger partial charge is 0.392 e. The molecule has 0 spiro atoms. The highest BCUT2D eigenvalue weighted by Crippen LogP contribution is 2.67. The van der Waals surface area contributed by atoms with E-state index < -0.39 is 0 Å². The molecule has 1 heteroatoms. The summed E-state index contributed by atoms with van der Waals surface area (Å²) < 4.78 is 0. The maximum Gasteiger partial charge on any atom is 0.0687 e. The summed E-state index contributed by atoms with van der Waals surface area (Å²) in [5.74, 6) is 0.682. The summed E-state index contributed by atoms with van der Waals surface area (Å²) in [6.07, 6.45) is 3.35. The van der Waals surface area contributed by atoms with Crippen LogP contribution in [0.3, 0.4) is 0 Å². The summed E-state index contributed by atoms with van der Waals surface area (Å²) in [4.78, 5) is 0. The molecule has 0 saturated heterocycles. The Balaban J connectivity index is 2.38. The molecule has 1 nitrogen and oxygen atoms in total. The molecule has 2 aliphatic carbocycles. The number of aliphatic hydroxyl groups is 1. The molecule has 16 heavy (non-hydrogen) atoms.